The van der Waals surface area contributed by atoms with Gasteiger partial charge in [-0.1, -0.05) is 6.42 Å². The standard InChI is InChI=1S/C11H16N4O3/c12-11-8(15(17)18)4-5-10(14-11)13-6-7-2-1-3-9(7)16/h4-5,7,9,16H,1-3,6H2,(H3,12,13,14). The van der Waals surface area contributed by atoms with Crippen LogP contribution in [-0.4, -0.2) is 27.7 Å². The van der Waals surface area contributed by atoms with Crippen molar-refractivity contribution in [3.05, 3.63) is 22.2 Å². The molecule has 2 rings (SSSR count). The average molecular weight is 252 g/mol. The highest BCUT2D eigenvalue weighted by molar-refractivity contribution is 5.57. The molecular weight excluding hydrogens is 236 g/mol. The van der Waals surface area contributed by atoms with Gasteiger partial charge in [0.1, 0.15) is 5.82 Å². The lowest BCUT2D eigenvalue weighted by atomic mass is 10.1. The minimum absolute atomic E-state index is 0.100. The lowest BCUT2D eigenvalue weighted by molar-refractivity contribution is -0.384. The fourth-order valence-electron chi connectivity index (χ4n) is 2.21. The Kier molecular flexibility index (Phi) is 3.61. The third-order valence-corrected chi connectivity index (χ3v) is 3.26. The fraction of sp³-hybridized carbons (Fsp3) is 0.545. The molecule has 1 aliphatic rings. The van der Waals surface area contributed by atoms with E-state index in [0.717, 1.165) is 19.3 Å². The van der Waals surface area contributed by atoms with Gasteiger partial charge in [0.2, 0.25) is 5.82 Å². The summed E-state index contributed by atoms with van der Waals surface area (Å²) in [4.78, 5) is 13.9. The van der Waals surface area contributed by atoms with Crippen molar-refractivity contribution in [2.24, 2.45) is 5.92 Å². The van der Waals surface area contributed by atoms with Gasteiger partial charge in [-0.25, -0.2) is 4.98 Å². The number of nitrogens with zero attached hydrogens (tertiary/aromatic N) is 2. The molecule has 18 heavy (non-hydrogen) atoms. The molecule has 98 valence electrons. The van der Waals surface area contributed by atoms with Crippen molar-refractivity contribution in [3.63, 3.8) is 0 Å². The van der Waals surface area contributed by atoms with E-state index in [2.05, 4.69) is 10.3 Å². The second kappa shape index (κ2) is 5.18. The first-order valence-electron chi connectivity index (χ1n) is 5.91. The molecule has 0 aromatic carbocycles. The van der Waals surface area contributed by atoms with Crippen LogP contribution in [0.2, 0.25) is 0 Å². The molecule has 1 aliphatic carbocycles. The summed E-state index contributed by atoms with van der Waals surface area (Å²) in [6, 6.07) is 2.85. The molecule has 0 aliphatic heterocycles. The molecule has 1 fully saturated rings. The largest absolute Gasteiger partial charge is 0.393 e. The highest BCUT2D eigenvalue weighted by Gasteiger charge is 2.25. The first-order valence-corrected chi connectivity index (χ1v) is 5.91. The highest BCUT2D eigenvalue weighted by atomic mass is 16.6. The number of nitrogens with one attached hydrogen (secondary N) is 1. The quantitative estimate of drug-likeness (QED) is 0.547. The Hall–Kier alpha value is -1.89. The van der Waals surface area contributed by atoms with Gasteiger partial charge in [-0.2, -0.15) is 0 Å². The van der Waals surface area contributed by atoms with Gasteiger partial charge in [0.05, 0.1) is 11.0 Å². The molecule has 1 saturated carbocycles. The van der Waals surface area contributed by atoms with E-state index in [0.29, 0.717) is 12.4 Å². The smallest absolute Gasteiger partial charge is 0.311 e. The summed E-state index contributed by atoms with van der Waals surface area (Å²) in [5.74, 6) is 0.609. The third-order valence-electron chi connectivity index (χ3n) is 3.26. The number of aromatic nitrogens is 1. The lowest BCUT2D eigenvalue weighted by Crippen LogP contribution is -2.22. The van der Waals surface area contributed by atoms with Crippen LogP contribution < -0.4 is 11.1 Å². The summed E-state index contributed by atoms with van der Waals surface area (Å²) in [6.07, 6.45) is 2.58. The van der Waals surface area contributed by atoms with Crippen molar-refractivity contribution in [3.8, 4) is 0 Å². The maximum absolute atomic E-state index is 10.6. The van der Waals surface area contributed by atoms with E-state index < -0.39 is 4.92 Å². The predicted octanol–water partition coefficient (Wildman–Crippen LogP) is 1.14. The molecule has 0 saturated heterocycles. The Morgan fingerprint density at radius 3 is 2.89 bits per heavy atom. The third kappa shape index (κ3) is 2.67. The minimum Gasteiger partial charge on any atom is -0.393 e. The minimum atomic E-state index is -0.563. The Bertz CT molecular complexity index is 452. The Morgan fingerprint density at radius 1 is 1.56 bits per heavy atom. The number of pyridine rings is 1. The molecular formula is C11H16N4O3. The number of aliphatic hydroxyl groups is 1. The summed E-state index contributed by atoms with van der Waals surface area (Å²) < 4.78 is 0. The van der Waals surface area contributed by atoms with Gasteiger partial charge in [0.15, 0.2) is 0 Å². The number of rotatable bonds is 4. The van der Waals surface area contributed by atoms with Crippen LogP contribution >= 0.6 is 0 Å². The van der Waals surface area contributed by atoms with Gasteiger partial charge in [0.25, 0.3) is 0 Å². The monoisotopic (exact) mass is 252 g/mol. The van der Waals surface area contributed by atoms with Crippen molar-refractivity contribution in [1.82, 2.24) is 4.98 Å². The molecule has 1 aromatic rings. The van der Waals surface area contributed by atoms with E-state index in [4.69, 9.17) is 5.73 Å². The maximum atomic E-state index is 10.6. The average Bonchev–Trinajstić information content (AvgIpc) is 2.72. The highest BCUT2D eigenvalue weighted by Crippen LogP contribution is 2.26. The molecule has 2 unspecified atom stereocenters. The summed E-state index contributed by atoms with van der Waals surface area (Å²) in [6.45, 7) is 0.603. The molecule has 0 spiro atoms. The maximum Gasteiger partial charge on any atom is 0.311 e. The van der Waals surface area contributed by atoms with Gasteiger partial charge in [0, 0.05) is 18.5 Å². The first kappa shape index (κ1) is 12.6. The normalized spacial score (nSPS) is 22.9. The van der Waals surface area contributed by atoms with Crippen LogP contribution in [0.15, 0.2) is 12.1 Å². The van der Waals surface area contributed by atoms with Gasteiger partial charge >= 0.3 is 5.69 Å². The van der Waals surface area contributed by atoms with E-state index in [1.54, 1.807) is 0 Å². The molecule has 0 amide bonds. The molecule has 0 radical (unpaired) electrons. The van der Waals surface area contributed by atoms with Gasteiger partial charge in [-0.3, -0.25) is 10.1 Å². The van der Waals surface area contributed by atoms with E-state index in [1.165, 1.54) is 12.1 Å². The van der Waals surface area contributed by atoms with Crippen LogP contribution in [-0.2, 0) is 0 Å². The topological polar surface area (TPSA) is 114 Å². The number of nitrogen functional groups attached to an aromatic ring is 1. The van der Waals surface area contributed by atoms with E-state index in [1.807, 2.05) is 0 Å². The Morgan fingerprint density at radius 2 is 2.33 bits per heavy atom. The second-order valence-corrected chi connectivity index (χ2v) is 4.50. The van der Waals surface area contributed by atoms with Crippen LogP contribution in [0.25, 0.3) is 0 Å². The van der Waals surface area contributed by atoms with E-state index in [-0.39, 0.29) is 23.5 Å². The molecule has 0 bridgehead atoms. The second-order valence-electron chi connectivity index (χ2n) is 4.50. The van der Waals surface area contributed by atoms with Crippen molar-refractivity contribution >= 4 is 17.3 Å². The number of aliphatic hydroxyl groups excluding tert-OH is 1. The summed E-state index contributed by atoms with van der Waals surface area (Å²) in [7, 11) is 0. The van der Waals surface area contributed by atoms with Gasteiger partial charge in [-0.15, -0.1) is 0 Å². The molecule has 2 atom stereocenters. The van der Waals surface area contributed by atoms with Crippen molar-refractivity contribution in [1.29, 1.82) is 0 Å². The molecule has 1 aromatic heterocycles. The number of nitro groups is 1. The number of nitrogens with two attached hydrogens (primary N) is 1. The SMILES string of the molecule is Nc1nc(NCC2CCCC2O)ccc1[N+](=O)[O-]. The summed E-state index contributed by atoms with van der Waals surface area (Å²) in [5, 5.41) is 23.3. The van der Waals surface area contributed by atoms with Crippen LogP contribution in [0.5, 0.6) is 0 Å². The molecule has 4 N–H and O–H groups in total. The lowest BCUT2D eigenvalue weighted by Gasteiger charge is -2.15. The van der Waals surface area contributed by atoms with E-state index >= 15 is 0 Å². The Labute approximate surface area is 104 Å². The first-order chi connectivity index (χ1) is 8.58. The van der Waals surface area contributed by atoms with E-state index in [9.17, 15) is 15.2 Å². The summed E-state index contributed by atoms with van der Waals surface area (Å²) >= 11 is 0. The van der Waals surface area contributed by atoms with Crippen molar-refractivity contribution < 1.29 is 10.0 Å². The Balaban J connectivity index is 1.98. The van der Waals surface area contributed by atoms with Crippen molar-refractivity contribution in [2.45, 2.75) is 25.4 Å². The van der Waals surface area contributed by atoms with Crippen LogP contribution in [0, 0.1) is 16.0 Å². The zero-order valence-electron chi connectivity index (χ0n) is 9.87. The van der Waals surface area contributed by atoms with Crippen LogP contribution in [0.4, 0.5) is 17.3 Å². The van der Waals surface area contributed by atoms with Crippen LogP contribution in [0.1, 0.15) is 19.3 Å². The van der Waals surface area contributed by atoms with Gasteiger partial charge < -0.3 is 16.2 Å². The van der Waals surface area contributed by atoms with Gasteiger partial charge in [-0.05, 0) is 18.9 Å². The fourth-order valence-corrected chi connectivity index (χ4v) is 2.21. The predicted molar refractivity (Wildman–Crippen MR) is 67.1 cm³/mol. The summed E-state index contributed by atoms with van der Waals surface area (Å²) in [5.41, 5.74) is 5.30. The number of anilines is 2. The zero-order valence-corrected chi connectivity index (χ0v) is 9.87. The molecule has 1 heterocycles. The van der Waals surface area contributed by atoms with Crippen LogP contribution in [0.3, 0.4) is 0 Å². The number of hydrogen-bond acceptors (Lipinski definition) is 6. The number of hydrogen-bond donors (Lipinski definition) is 3. The zero-order chi connectivity index (χ0) is 13.1. The van der Waals surface area contributed by atoms with Crippen molar-refractivity contribution in [2.75, 3.05) is 17.6 Å². The molecule has 7 heteroatoms. The molecule has 7 nitrogen and oxygen atoms in total.